The molecule has 6 nitrogen and oxygen atoms in total. The van der Waals surface area contributed by atoms with E-state index in [2.05, 4.69) is 0 Å². The molecule has 0 spiro atoms. The Morgan fingerprint density at radius 1 is 1.28 bits per heavy atom. The molecule has 7 heteroatoms. The number of ether oxygens (including phenoxy) is 1. The fourth-order valence-electron chi connectivity index (χ4n) is 2.36. The first-order valence-corrected chi connectivity index (χ1v) is 8.09. The van der Waals surface area contributed by atoms with Gasteiger partial charge in [-0.1, -0.05) is 0 Å². The molecule has 0 aromatic heterocycles. The molecule has 1 atom stereocenters. The zero-order chi connectivity index (χ0) is 13.2. The van der Waals surface area contributed by atoms with Gasteiger partial charge in [-0.05, 0) is 6.42 Å². The second-order valence-corrected chi connectivity index (χ2v) is 6.95. The van der Waals surface area contributed by atoms with Crippen LogP contribution in [-0.2, 0) is 19.6 Å². The molecule has 0 aliphatic carbocycles. The summed E-state index contributed by atoms with van der Waals surface area (Å²) < 4.78 is 29.4. The molecular formula is C11H20N2O4S. The van der Waals surface area contributed by atoms with Crippen molar-refractivity contribution in [1.29, 1.82) is 0 Å². The smallest absolute Gasteiger partial charge is 0.211 e. The summed E-state index contributed by atoms with van der Waals surface area (Å²) in [6.07, 6.45) is 2.05. The number of hydrogen-bond donors (Lipinski definition) is 0. The zero-order valence-corrected chi connectivity index (χ0v) is 11.5. The molecule has 18 heavy (non-hydrogen) atoms. The molecule has 0 N–H and O–H groups in total. The maximum atomic E-state index is 11.9. The van der Waals surface area contributed by atoms with Crippen molar-refractivity contribution in [3.63, 3.8) is 0 Å². The van der Waals surface area contributed by atoms with Gasteiger partial charge in [0.1, 0.15) is 0 Å². The predicted octanol–water partition coefficient (Wildman–Crippen LogP) is -0.831. The van der Waals surface area contributed by atoms with E-state index in [1.165, 1.54) is 10.6 Å². The van der Waals surface area contributed by atoms with Gasteiger partial charge in [0, 0.05) is 38.7 Å². The topological polar surface area (TPSA) is 66.9 Å². The summed E-state index contributed by atoms with van der Waals surface area (Å²) in [5.74, 6) is 0.262. The number of sulfonamides is 1. The third kappa shape index (κ3) is 3.50. The molecule has 1 unspecified atom stereocenters. The molecule has 0 amide bonds. The van der Waals surface area contributed by atoms with E-state index in [0.29, 0.717) is 45.9 Å². The Morgan fingerprint density at radius 3 is 2.44 bits per heavy atom. The van der Waals surface area contributed by atoms with Crippen molar-refractivity contribution in [2.24, 2.45) is 5.92 Å². The van der Waals surface area contributed by atoms with E-state index in [4.69, 9.17) is 4.74 Å². The highest BCUT2D eigenvalue weighted by Crippen LogP contribution is 2.15. The first kappa shape index (κ1) is 13.9. The highest BCUT2D eigenvalue weighted by Gasteiger charge is 2.28. The fraction of sp³-hybridized carbons (Fsp3) is 0.909. The maximum Gasteiger partial charge on any atom is 0.211 e. The minimum Gasteiger partial charge on any atom is -0.381 e. The van der Waals surface area contributed by atoms with E-state index in [0.717, 1.165) is 6.42 Å². The van der Waals surface area contributed by atoms with Gasteiger partial charge < -0.3 is 4.74 Å². The van der Waals surface area contributed by atoms with Gasteiger partial charge in [-0.2, -0.15) is 4.31 Å². The SMILES string of the molecule is CS(=O)(=O)N1CCN(CC(=O)C2CCOC2)CC1. The Balaban J connectivity index is 1.78. The highest BCUT2D eigenvalue weighted by molar-refractivity contribution is 7.88. The minimum atomic E-state index is -3.09. The van der Waals surface area contributed by atoms with Crippen LogP contribution in [0.3, 0.4) is 0 Å². The van der Waals surface area contributed by atoms with Gasteiger partial charge in [0.2, 0.25) is 10.0 Å². The fourth-order valence-corrected chi connectivity index (χ4v) is 3.18. The average molecular weight is 276 g/mol. The summed E-state index contributed by atoms with van der Waals surface area (Å²) in [6, 6.07) is 0. The Morgan fingerprint density at radius 2 is 1.94 bits per heavy atom. The second kappa shape index (κ2) is 5.64. The second-order valence-electron chi connectivity index (χ2n) is 4.97. The highest BCUT2D eigenvalue weighted by atomic mass is 32.2. The van der Waals surface area contributed by atoms with Gasteiger partial charge in [-0.15, -0.1) is 0 Å². The van der Waals surface area contributed by atoms with Crippen LogP contribution >= 0.6 is 0 Å². The molecule has 2 aliphatic heterocycles. The number of nitrogens with zero attached hydrogens (tertiary/aromatic N) is 2. The van der Waals surface area contributed by atoms with Crippen molar-refractivity contribution in [3.8, 4) is 0 Å². The van der Waals surface area contributed by atoms with E-state index >= 15 is 0 Å². The summed E-state index contributed by atoms with van der Waals surface area (Å²) in [4.78, 5) is 14.0. The maximum absolute atomic E-state index is 11.9. The minimum absolute atomic E-state index is 0.0398. The lowest BCUT2D eigenvalue weighted by Crippen LogP contribution is -2.50. The molecule has 2 saturated heterocycles. The summed E-state index contributed by atoms with van der Waals surface area (Å²) in [5.41, 5.74) is 0. The number of carbonyl (C=O) groups excluding carboxylic acids is 1. The van der Waals surface area contributed by atoms with Crippen LogP contribution in [0.4, 0.5) is 0 Å². The van der Waals surface area contributed by atoms with Crippen LogP contribution in [0.1, 0.15) is 6.42 Å². The number of piperazine rings is 1. The van der Waals surface area contributed by atoms with E-state index in [1.807, 2.05) is 4.90 Å². The van der Waals surface area contributed by atoms with Gasteiger partial charge in [-0.25, -0.2) is 8.42 Å². The summed E-state index contributed by atoms with van der Waals surface area (Å²) in [6.45, 7) is 3.87. The summed E-state index contributed by atoms with van der Waals surface area (Å²) >= 11 is 0. The molecule has 104 valence electrons. The van der Waals surface area contributed by atoms with Crippen molar-refractivity contribution in [3.05, 3.63) is 0 Å². The van der Waals surface area contributed by atoms with E-state index in [9.17, 15) is 13.2 Å². The van der Waals surface area contributed by atoms with Gasteiger partial charge in [0.15, 0.2) is 5.78 Å². The van der Waals surface area contributed by atoms with Crippen LogP contribution in [0.25, 0.3) is 0 Å². The van der Waals surface area contributed by atoms with Crippen molar-refractivity contribution < 1.29 is 17.9 Å². The summed E-state index contributed by atoms with van der Waals surface area (Å²) in [5, 5.41) is 0. The lowest BCUT2D eigenvalue weighted by molar-refractivity contribution is -0.124. The van der Waals surface area contributed by atoms with Crippen LogP contribution in [0.15, 0.2) is 0 Å². The van der Waals surface area contributed by atoms with Crippen LogP contribution < -0.4 is 0 Å². The van der Waals surface area contributed by atoms with Gasteiger partial charge in [0.25, 0.3) is 0 Å². The quantitative estimate of drug-likeness (QED) is 0.670. The van der Waals surface area contributed by atoms with E-state index in [1.54, 1.807) is 0 Å². The number of rotatable bonds is 4. The first-order valence-electron chi connectivity index (χ1n) is 6.25. The van der Waals surface area contributed by atoms with Crippen LogP contribution in [-0.4, -0.2) is 75.6 Å². The average Bonchev–Trinajstić information content (AvgIpc) is 2.82. The Kier molecular flexibility index (Phi) is 4.37. The number of Topliss-reactive ketones (excluding diaryl/α,β-unsaturated/α-hetero) is 1. The molecule has 2 rings (SSSR count). The molecule has 0 saturated carbocycles. The lowest BCUT2D eigenvalue weighted by atomic mass is 10.0. The number of ketones is 1. The van der Waals surface area contributed by atoms with Crippen LogP contribution in [0, 0.1) is 5.92 Å². The largest absolute Gasteiger partial charge is 0.381 e. The third-order valence-corrected chi connectivity index (χ3v) is 4.87. The normalized spacial score (nSPS) is 27.5. The molecule has 0 aromatic carbocycles. The Labute approximate surface area is 108 Å². The third-order valence-electron chi connectivity index (χ3n) is 3.56. The monoisotopic (exact) mass is 276 g/mol. The van der Waals surface area contributed by atoms with Crippen molar-refractivity contribution >= 4 is 15.8 Å². The van der Waals surface area contributed by atoms with Crippen molar-refractivity contribution in [1.82, 2.24) is 9.21 Å². The number of carbonyl (C=O) groups is 1. The first-order chi connectivity index (χ1) is 8.47. The lowest BCUT2D eigenvalue weighted by Gasteiger charge is -2.33. The molecular weight excluding hydrogens is 256 g/mol. The standard InChI is InChI=1S/C11H20N2O4S/c1-18(15,16)13-5-3-12(4-6-13)8-11(14)10-2-7-17-9-10/h10H,2-9H2,1H3. The van der Waals surface area contributed by atoms with Gasteiger partial charge in [0.05, 0.1) is 19.4 Å². The molecule has 2 fully saturated rings. The van der Waals surface area contributed by atoms with Crippen LogP contribution in [0.5, 0.6) is 0 Å². The number of hydrogen-bond acceptors (Lipinski definition) is 5. The van der Waals surface area contributed by atoms with Crippen LogP contribution in [0.2, 0.25) is 0 Å². The van der Waals surface area contributed by atoms with E-state index in [-0.39, 0.29) is 11.7 Å². The van der Waals surface area contributed by atoms with Crippen molar-refractivity contribution in [2.75, 3.05) is 52.2 Å². The molecule has 2 heterocycles. The predicted molar refractivity (Wildman–Crippen MR) is 66.8 cm³/mol. The molecule has 2 aliphatic rings. The van der Waals surface area contributed by atoms with Crippen molar-refractivity contribution in [2.45, 2.75) is 6.42 Å². The Bertz CT molecular complexity index is 395. The molecule has 0 aromatic rings. The van der Waals surface area contributed by atoms with Gasteiger partial charge >= 0.3 is 0 Å². The molecule has 0 radical (unpaired) electrons. The van der Waals surface area contributed by atoms with Gasteiger partial charge in [-0.3, -0.25) is 9.69 Å². The van der Waals surface area contributed by atoms with E-state index < -0.39 is 10.0 Å². The zero-order valence-electron chi connectivity index (χ0n) is 10.7. The molecule has 0 bridgehead atoms. The Hall–Kier alpha value is -0.500. The summed E-state index contributed by atoms with van der Waals surface area (Å²) in [7, 11) is -3.09.